The van der Waals surface area contributed by atoms with Gasteiger partial charge in [0.05, 0.1) is 14.2 Å². The number of ether oxygens (including phenoxy) is 2. The van der Waals surface area contributed by atoms with Gasteiger partial charge in [0.1, 0.15) is 0 Å². The first-order chi connectivity index (χ1) is 7.62. The van der Waals surface area contributed by atoms with Crippen LogP contribution in [0.4, 0.5) is 5.69 Å². The largest absolute Gasteiger partial charge is 0.493 e. The van der Waals surface area contributed by atoms with Gasteiger partial charge in [0.25, 0.3) is 0 Å². The zero-order valence-electron chi connectivity index (χ0n) is 10.2. The fourth-order valence-electron chi connectivity index (χ4n) is 1.28. The number of thioether (sulfide) groups is 1. The molecule has 1 unspecified atom stereocenters. The molecule has 0 saturated carbocycles. The Kier molecular flexibility index (Phi) is 4.80. The van der Waals surface area contributed by atoms with E-state index in [9.17, 15) is 0 Å². The molecule has 4 heteroatoms. The lowest BCUT2D eigenvalue weighted by molar-refractivity contribution is 0.354. The van der Waals surface area contributed by atoms with Crippen molar-refractivity contribution < 1.29 is 9.47 Å². The molecular formula is C12H19NO2S. The van der Waals surface area contributed by atoms with Gasteiger partial charge in [0, 0.05) is 21.9 Å². The van der Waals surface area contributed by atoms with Gasteiger partial charge in [-0.2, -0.15) is 0 Å². The summed E-state index contributed by atoms with van der Waals surface area (Å²) in [5.74, 6) is 1.40. The van der Waals surface area contributed by atoms with Crippen molar-refractivity contribution in [2.24, 2.45) is 0 Å². The summed E-state index contributed by atoms with van der Waals surface area (Å²) in [5, 5.41) is 0.542. The van der Waals surface area contributed by atoms with Crippen LogP contribution in [0.25, 0.3) is 0 Å². The highest BCUT2D eigenvalue weighted by molar-refractivity contribution is 8.00. The molecule has 0 bridgehead atoms. The van der Waals surface area contributed by atoms with Gasteiger partial charge < -0.3 is 15.2 Å². The Morgan fingerprint density at radius 2 is 1.81 bits per heavy atom. The van der Waals surface area contributed by atoms with Crippen molar-refractivity contribution in [2.45, 2.75) is 30.4 Å². The molecule has 0 heterocycles. The Labute approximate surface area is 101 Å². The van der Waals surface area contributed by atoms with Crippen LogP contribution in [0.3, 0.4) is 0 Å². The van der Waals surface area contributed by atoms with Gasteiger partial charge in [-0.3, -0.25) is 0 Å². The Morgan fingerprint density at radius 1 is 1.25 bits per heavy atom. The molecule has 0 saturated heterocycles. The first kappa shape index (κ1) is 13.0. The number of nitrogen functional groups attached to an aromatic ring is 1. The molecule has 0 aliphatic rings. The molecule has 1 aromatic rings. The second kappa shape index (κ2) is 5.89. The first-order valence-electron chi connectivity index (χ1n) is 5.30. The lowest BCUT2D eigenvalue weighted by atomic mass is 10.3. The summed E-state index contributed by atoms with van der Waals surface area (Å²) in [6, 6.07) is 3.74. The van der Waals surface area contributed by atoms with E-state index in [-0.39, 0.29) is 0 Å². The molecule has 0 aliphatic heterocycles. The minimum atomic E-state index is 0.542. The molecule has 1 atom stereocenters. The Bertz CT molecular complexity index is 355. The average Bonchev–Trinajstić information content (AvgIpc) is 2.30. The second-order valence-electron chi connectivity index (χ2n) is 3.58. The first-order valence-corrected chi connectivity index (χ1v) is 6.18. The standard InChI is InChI=1S/C12H19NO2S/c1-5-8(2)16-12-7-11(15-4)10(14-3)6-9(12)13/h6-8H,5,13H2,1-4H3. The topological polar surface area (TPSA) is 44.5 Å². The van der Waals surface area contributed by atoms with E-state index >= 15 is 0 Å². The molecule has 1 aromatic carbocycles. The van der Waals surface area contributed by atoms with E-state index in [2.05, 4.69) is 13.8 Å². The van der Waals surface area contributed by atoms with Crippen LogP contribution in [-0.4, -0.2) is 19.5 Å². The van der Waals surface area contributed by atoms with Crippen molar-refractivity contribution in [3.8, 4) is 11.5 Å². The van der Waals surface area contributed by atoms with Gasteiger partial charge in [-0.25, -0.2) is 0 Å². The number of benzene rings is 1. The van der Waals surface area contributed by atoms with Crippen molar-refractivity contribution in [2.75, 3.05) is 20.0 Å². The molecular weight excluding hydrogens is 222 g/mol. The van der Waals surface area contributed by atoms with Gasteiger partial charge >= 0.3 is 0 Å². The molecule has 2 N–H and O–H groups in total. The van der Waals surface area contributed by atoms with Crippen LogP contribution in [0.5, 0.6) is 11.5 Å². The predicted molar refractivity (Wildman–Crippen MR) is 69.6 cm³/mol. The van der Waals surface area contributed by atoms with E-state index in [1.54, 1.807) is 26.0 Å². The monoisotopic (exact) mass is 241 g/mol. The number of nitrogens with two attached hydrogens (primary N) is 1. The van der Waals surface area contributed by atoms with Crippen molar-refractivity contribution in [1.82, 2.24) is 0 Å². The average molecular weight is 241 g/mol. The van der Waals surface area contributed by atoms with Gasteiger partial charge in [0.15, 0.2) is 11.5 Å². The summed E-state index contributed by atoms with van der Waals surface area (Å²) in [6.45, 7) is 4.34. The second-order valence-corrected chi connectivity index (χ2v) is 5.06. The molecule has 0 aromatic heterocycles. The summed E-state index contributed by atoms with van der Waals surface area (Å²) in [4.78, 5) is 1.05. The van der Waals surface area contributed by atoms with E-state index in [1.807, 2.05) is 12.1 Å². The number of rotatable bonds is 5. The molecule has 16 heavy (non-hydrogen) atoms. The third-order valence-corrected chi connectivity index (χ3v) is 3.76. The molecule has 90 valence electrons. The molecule has 0 aliphatic carbocycles. The van der Waals surface area contributed by atoms with Gasteiger partial charge in [-0.1, -0.05) is 13.8 Å². The Hall–Kier alpha value is -1.03. The maximum absolute atomic E-state index is 5.97. The van der Waals surface area contributed by atoms with Gasteiger partial charge in [-0.15, -0.1) is 11.8 Å². The maximum atomic E-state index is 5.97. The van der Waals surface area contributed by atoms with Crippen LogP contribution in [-0.2, 0) is 0 Å². The van der Waals surface area contributed by atoms with Crippen molar-refractivity contribution in [1.29, 1.82) is 0 Å². The molecule has 0 fully saturated rings. The summed E-state index contributed by atoms with van der Waals surface area (Å²) < 4.78 is 10.4. The minimum Gasteiger partial charge on any atom is -0.493 e. The zero-order valence-corrected chi connectivity index (χ0v) is 11.1. The fourth-order valence-corrected chi connectivity index (χ4v) is 2.25. The van der Waals surface area contributed by atoms with Crippen molar-refractivity contribution in [3.63, 3.8) is 0 Å². The molecule has 0 radical (unpaired) electrons. The lowest BCUT2D eigenvalue weighted by Gasteiger charge is -2.14. The summed E-state index contributed by atoms with van der Waals surface area (Å²) in [6.07, 6.45) is 1.11. The molecule has 3 nitrogen and oxygen atoms in total. The summed E-state index contributed by atoms with van der Waals surface area (Å²) >= 11 is 1.76. The van der Waals surface area contributed by atoms with E-state index < -0.39 is 0 Å². The lowest BCUT2D eigenvalue weighted by Crippen LogP contribution is -1.98. The molecule has 0 spiro atoms. The SMILES string of the molecule is CCC(C)Sc1cc(OC)c(OC)cc1N. The third kappa shape index (κ3) is 2.98. The highest BCUT2D eigenvalue weighted by Crippen LogP contribution is 2.38. The number of anilines is 1. The Morgan fingerprint density at radius 3 is 2.31 bits per heavy atom. The van der Waals surface area contributed by atoms with Crippen molar-refractivity contribution >= 4 is 17.4 Å². The smallest absolute Gasteiger partial charge is 0.162 e. The molecule has 1 rings (SSSR count). The van der Waals surface area contributed by atoms with E-state index in [4.69, 9.17) is 15.2 Å². The van der Waals surface area contributed by atoms with E-state index in [1.165, 1.54) is 0 Å². The molecule has 0 amide bonds. The van der Waals surface area contributed by atoms with Crippen LogP contribution in [0.2, 0.25) is 0 Å². The van der Waals surface area contributed by atoms with Gasteiger partial charge in [0.2, 0.25) is 0 Å². The zero-order chi connectivity index (χ0) is 12.1. The van der Waals surface area contributed by atoms with Crippen LogP contribution in [0.1, 0.15) is 20.3 Å². The van der Waals surface area contributed by atoms with E-state index in [0.717, 1.165) is 22.8 Å². The third-order valence-electron chi connectivity index (χ3n) is 2.42. The number of methoxy groups -OCH3 is 2. The normalized spacial score (nSPS) is 12.2. The maximum Gasteiger partial charge on any atom is 0.162 e. The summed E-state index contributed by atoms with van der Waals surface area (Å²) in [5.41, 5.74) is 6.71. The van der Waals surface area contributed by atoms with E-state index in [0.29, 0.717) is 11.0 Å². The van der Waals surface area contributed by atoms with Crippen LogP contribution in [0.15, 0.2) is 17.0 Å². The Balaban J connectivity index is 3.01. The number of hydrogen-bond donors (Lipinski definition) is 1. The van der Waals surface area contributed by atoms with Crippen LogP contribution >= 0.6 is 11.8 Å². The van der Waals surface area contributed by atoms with Crippen LogP contribution in [0, 0.1) is 0 Å². The predicted octanol–water partition coefficient (Wildman–Crippen LogP) is 3.18. The van der Waals surface area contributed by atoms with Gasteiger partial charge in [-0.05, 0) is 12.5 Å². The van der Waals surface area contributed by atoms with Crippen LogP contribution < -0.4 is 15.2 Å². The van der Waals surface area contributed by atoms with Crippen molar-refractivity contribution in [3.05, 3.63) is 12.1 Å². The summed E-state index contributed by atoms with van der Waals surface area (Å²) in [7, 11) is 3.24. The fraction of sp³-hybridized carbons (Fsp3) is 0.500. The highest BCUT2D eigenvalue weighted by Gasteiger charge is 2.11. The highest BCUT2D eigenvalue weighted by atomic mass is 32.2. The minimum absolute atomic E-state index is 0.542. The number of hydrogen-bond acceptors (Lipinski definition) is 4. The quantitative estimate of drug-likeness (QED) is 0.635.